The average Bonchev–Trinajstić information content (AvgIpc) is 3.30. The molecule has 1 aliphatic heterocycles. The fourth-order valence-corrected chi connectivity index (χ4v) is 3.61. The molecule has 140 valence electrons. The zero-order valence-electron chi connectivity index (χ0n) is 14.5. The Morgan fingerprint density at radius 3 is 3.11 bits per heavy atom. The SMILES string of the molecule is CCOC(=O)c1ncn2c(NCc3c(F)ccc4c3CCO4)ncc(Br)c12. The molecule has 1 N–H and O–H groups in total. The van der Waals surface area contributed by atoms with E-state index in [1.807, 2.05) is 0 Å². The highest BCUT2D eigenvalue weighted by Gasteiger charge is 2.21. The third kappa shape index (κ3) is 3.12. The van der Waals surface area contributed by atoms with Crippen molar-refractivity contribution in [2.45, 2.75) is 19.9 Å². The molecule has 1 aliphatic rings. The van der Waals surface area contributed by atoms with Crippen LogP contribution in [-0.2, 0) is 17.7 Å². The molecule has 9 heteroatoms. The lowest BCUT2D eigenvalue weighted by Crippen LogP contribution is -2.10. The maximum Gasteiger partial charge on any atom is 0.359 e. The van der Waals surface area contributed by atoms with Crippen LogP contribution in [0.2, 0.25) is 0 Å². The smallest absolute Gasteiger partial charge is 0.359 e. The van der Waals surface area contributed by atoms with Crippen LogP contribution in [-0.4, -0.2) is 33.6 Å². The standard InChI is InChI=1S/C18H16BrFN4O3/c1-2-26-17(25)15-16-12(19)8-22-18(24(16)9-23-15)21-7-11-10-5-6-27-14(10)4-3-13(11)20/h3-4,8-9H,2,5-7H2,1H3,(H,21,22). The van der Waals surface area contributed by atoms with Crippen LogP contribution >= 0.6 is 15.9 Å². The van der Waals surface area contributed by atoms with E-state index in [9.17, 15) is 9.18 Å². The molecule has 0 bridgehead atoms. The van der Waals surface area contributed by atoms with Gasteiger partial charge in [-0.3, -0.25) is 4.40 Å². The molecule has 0 radical (unpaired) electrons. The van der Waals surface area contributed by atoms with Crippen LogP contribution in [0.1, 0.15) is 28.5 Å². The number of ether oxygens (including phenoxy) is 2. The summed E-state index contributed by atoms with van der Waals surface area (Å²) in [5, 5.41) is 3.13. The summed E-state index contributed by atoms with van der Waals surface area (Å²) in [5.41, 5.74) is 2.14. The van der Waals surface area contributed by atoms with Gasteiger partial charge in [0.05, 0.1) is 23.2 Å². The Morgan fingerprint density at radius 2 is 2.30 bits per heavy atom. The van der Waals surface area contributed by atoms with E-state index in [1.54, 1.807) is 23.6 Å². The molecule has 0 spiro atoms. The van der Waals surface area contributed by atoms with Crippen molar-refractivity contribution in [2.24, 2.45) is 0 Å². The van der Waals surface area contributed by atoms with Crippen LogP contribution in [0, 0.1) is 5.82 Å². The summed E-state index contributed by atoms with van der Waals surface area (Å²) in [5.74, 6) is 0.348. The summed E-state index contributed by atoms with van der Waals surface area (Å²) in [4.78, 5) is 20.6. The molecule has 3 aromatic rings. The number of hydrogen-bond acceptors (Lipinski definition) is 6. The van der Waals surface area contributed by atoms with E-state index in [1.165, 1.54) is 12.4 Å². The van der Waals surface area contributed by atoms with Crippen LogP contribution in [0.25, 0.3) is 5.52 Å². The van der Waals surface area contributed by atoms with Gasteiger partial charge in [-0.25, -0.2) is 19.2 Å². The molecule has 7 nitrogen and oxygen atoms in total. The van der Waals surface area contributed by atoms with E-state index in [0.29, 0.717) is 40.3 Å². The molecule has 0 saturated heterocycles. The first-order valence-corrected chi connectivity index (χ1v) is 9.25. The Balaban J connectivity index is 1.67. The number of rotatable bonds is 5. The van der Waals surface area contributed by atoms with Gasteiger partial charge in [0.15, 0.2) is 5.69 Å². The predicted molar refractivity (Wildman–Crippen MR) is 99.6 cm³/mol. The summed E-state index contributed by atoms with van der Waals surface area (Å²) < 4.78 is 27.1. The zero-order chi connectivity index (χ0) is 19.0. The number of anilines is 1. The molecule has 2 aromatic heterocycles. The fraction of sp³-hybridized carbons (Fsp3) is 0.278. The molecule has 4 rings (SSSR count). The molecule has 0 unspecified atom stereocenters. The Hall–Kier alpha value is -2.68. The summed E-state index contributed by atoms with van der Waals surface area (Å²) in [6.07, 6.45) is 3.72. The van der Waals surface area contributed by atoms with Gasteiger partial charge in [-0.2, -0.15) is 0 Å². The Bertz CT molecular complexity index is 1040. The second-order valence-corrected chi connectivity index (χ2v) is 6.77. The van der Waals surface area contributed by atoms with Crippen molar-refractivity contribution in [1.29, 1.82) is 0 Å². The Labute approximate surface area is 162 Å². The number of benzene rings is 1. The van der Waals surface area contributed by atoms with Crippen LogP contribution in [0.15, 0.2) is 29.1 Å². The number of hydrogen-bond donors (Lipinski definition) is 1. The van der Waals surface area contributed by atoms with Gasteiger partial charge < -0.3 is 14.8 Å². The van der Waals surface area contributed by atoms with Crippen molar-refractivity contribution in [3.63, 3.8) is 0 Å². The van der Waals surface area contributed by atoms with E-state index in [0.717, 1.165) is 5.56 Å². The number of esters is 1. The van der Waals surface area contributed by atoms with Crippen LogP contribution in [0.4, 0.5) is 10.3 Å². The first kappa shape index (κ1) is 17.7. The van der Waals surface area contributed by atoms with E-state index in [2.05, 4.69) is 31.2 Å². The molecule has 0 atom stereocenters. The second-order valence-electron chi connectivity index (χ2n) is 5.92. The molecule has 0 fully saturated rings. The highest BCUT2D eigenvalue weighted by Crippen LogP contribution is 2.31. The summed E-state index contributed by atoms with van der Waals surface area (Å²) in [7, 11) is 0. The van der Waals surface area contributed by atoms with E-state index in [4.69, 9.17) is 9.47 Å². The van der Waals surface area contributed by atoms with Crippen LogP contribution in [0.3, 0.4) is 0 Å². The summed E-state index contributed by atoms with van der Waals surface area (Å²) >= 11 is 3.39. The van der Waals surface area contributed by atoms with E-state index < -0.39 is 5.97 Å². The van der Waals surface area contributed by atoms with Crippen molar-refractivity contribution in [2.75, 3.05) is 18.5 Å². The maximum absolute atomic E-state index is 14.3. The number of halogens is 2. The van der Waals surface area contributed by atoms with E-state index >= 15 is 0 Å². The Kier molecular flexibility index (Phi) is 4.69. The first-order valence-electron chi connectivity index (χ1n) is 8.45. The van der Waals surface area contributed by atoms with Crippen molar-refractivity contribution in [3.05, 3.63) is 51.8 Å². The van der Waals surface area contributed by atoms with Crippen LogP contribution < -0.4 is 10.1 Å². The minimum Gasteiger partial charge on any atom is -0.493 e. The van der Waals surface area contributed by atoms with Gasteiger partial charge >= 0.3 is 5.97 Å². The lowest BCUT2D eigenvalue weighted by atomic mass is 10.0. The number of aromatic nitrogens is 3. The molecule has 27 heavy (non-hydrogen) atoms. The third-order valence-electron chi connectivity index (χ3n) is 4.35. The highest BCUT2D eigenvalue weighted by atomic mass is 79.9. The Morgan fingerprint density at radius 1 is 1.44 bits per heavy atom. The van der Waals surface area contributed by atoms with Crippen molar-refractivity contribution in [1.82, 2.24) is 14.4 Å². The zero-order valence-corrected chi connectivity index (χ0v) is 16.0. The first-order chi connectivity index (χ1) is 13.1. The van der Waals surface area contributed by atoms with Gasteiger partial charge in [-0.1, -0.05) is 0 Å². The van der Waals surface area contributed by atoms with Gasteiger partial charge in [0.1, 0.15) is 17.9 Å². The minimum absolute atomic E-state index is 0.189. The minimum atomic E-state index is -0.512. The van der Waals surface area contributed by atoms with Crippen LogP contribution in [0.5, 0.6) is 5.75 Å². The number of nitrogens with one attached hydrogen (secondary N) is 1. The molecule has 0 amide bonds. The quantitative estimate of drug-likeness (QED) is 0.620. The van der Waals surface area contributed by atoms with Crippen molar-refractivity contribution in [3.8, 4) is 5.75 Å². The number of imidazole rings is 1. The predicted octanol–water partition coefficient (Wildman–Crippen LogP) is 3.35. The molecule has 1 aromatic carbocycles. The van der Waals surface area contributed by atoms with Gasteiger partial charge in [0.25, 0.3) is 0 Å². The number of carbonyl (C=O) groups excluding carboxylic acids is 1. The van der Waals surface area contributed by atoms with Gasteiger partial charge in [0, 0.05) is 30.3 Å². The van der Waals surface area contributed by atoms with Gasteiger partial charge in [-0.05, 0) is 35.0 Å². The largest absolute Gasteiger partial charge is 0.493 e. The maximum atomic E-state index is 14.3. The lowest BCUT2D eigenvalue weighted by molar-refractivity contribution is 0.0522. The van der Waals surface area contributed by atoms with Gasteiger partial charge in [0.2, 0.25) is 5.95 Å². The molecular weight excluding hydrogens is 419 g/mol. The normalized spacial score (nSPS) is 12.7. The average molecular weight is 435 g/mol. The fourth-order valence-electron chi connectivity index (χ4n) is 3.13. The number of carbonyl (C=O) groups is 1. The summed E-state index contributed by atoms with van der Waals surface area (Å²) in [6, 6.07) is 3.06. The molecule has 0 saturated carbocycles. The molecule has 3 heterocycles. The topological polar surface area (TPSA) is 77.8 Å². The highest BCUT2D eigenvalue weighted by molar-refractivity contribution is 9.10. The monoisotopic (exact) mass is 434 g/mol. The summed E-state index contributed by atoms with van der Waals surface area (Å²) in [6.45, 7) is 2.77. The molecular formula is C18H16BrFN4O3. The van der Waals surface area contributed by atoms with E-state index in [-0.39, 0.29) is 24.7 Å². The number of nitrogens with zero attached hydrogens (tertiary/aromatic N) is 3. The molecule has 0 aliphatic carbocycles. The number of fused-ring (bicyclic) bond motifs is 2. The second kappa shape index (κ2) is 7.15. The van der Waals surface area contributed by atoms with Gasteiger partial charge in [-0.15, -0.1) is 0 Å². The van der Waals surface area contributed by atoms with Crippen molar-refractivity contribution >= 4 is 33.4 Å². The lowest BCUT2D eigenvalue weighted by Gasteiger charge is -2.12. The van der Waals surface area contributed by atoms with Crippen molar-refractivity contribution < 1.29 is 18.7 Å². The third-order valence-corrected chi connectivity index (χ3v) is 4.94.